The van der Waals surface area contributed by atoms with Gasteiger partial charge in [0.15, 0.2) is 0 Å². The van der Waals surface area contributed by atoms with Crippen molar-refractivity contribution in [2.45, 2.75) is 46.6 Å². The first-order chi connectivity index (χ1) is 7.10. The number of anilines is 1. The molecule has 2 heteroatoms. The highest BCUT2D eigenvalue weighted by Crippen LogP contribution is 2.28. The molecule has 0 aliphatic carbocycles. The molecule has 0 saturated carbocycles. The first kappa shape index (κ1) is 11.9. The molecule has 0 aliphatic heterocycles. The molecule has 0 atom stereocenters. The van der Waals surface area contributed by atoms with E-state index in [1.54, 1.807) is 0 Å². The van der Waals surface area contributed by atoms with Gasteiger partial charge in [-0.05, 0) is 38.3 Å². The van der Waals surface area contributed by atoms with E-state index >= 15 is 0 Å². The van der Waals surface area contributed by atoms with Crippen LogP contribution in [0.1, 0.15) is 37.8 Å². The van der Waals surface area contributed by atoms with Crippen LogP contribution in [0.4, 0.5) is 5.69 Å². The number of aromatic hydroxyl groups is 1. The minimum atomic E-state index is 0.408. The highest BCUT2D eigenvalue weighted by atomic mass is 16.3. The van der Waals surface area contributed by atoms with Crippen LogP contribution in [-0.4, -0.2) is 11.1 Å². The highest BCUT2D eigenvalue weighted by molar-refractivity contribution is 5.59. The number of phenols is 1. The van der Waals surface area contributed by atoms with E-state index in [2.05, 4.69) is 19.2 Å². The normalized spacial score (nSPS) is 10.7. The summed E-state index contributed by atoms with van der Waals surface area (Å²) < 4.78 is 0. The third-order valence-corrected chi connectivity index (χ3v) is 2.98. The molecule has 0 spiro atoms. The molecular formula is C13H21NO. The van der Waals surface area contributed by atoms with E-state index in [1.807, 2.05) is 26.0 Å². The van der Waals surface area contributed by atoms with Crippen LogP contribution in [0.25, 0.3) is 0 Å². The summed E-state index contributed by atoms with van der Waals surface area (Å²) in [5.74, 6) is 0.408. The lowest BCUT2D eigenvalue weighted by Crippen LogP contribution is -2.17. The van der Waals surface area contributed by atoms with Crippen molar-refractivity contribution in [3.05, 3.63) is 23.3 Å². The maximum Gasteiger partial charge on any atom is 0.123 e. The lowest BCUT2D eigenvalue weighted by molar-refractivity contribution is 0.467. The van der Waals surface area contributed by atoms with Gasteiger partial charge in [0.25, 0.3) is 0 Å². The first-order valence-electron chi connectivity index (χ1n) is 5.65. The molecule has 2 N–H and O–H groups in total. The van der Waals surface area contributed by atoms with Gasteiger partial charge in [0.1, 0.15) is 5.75 Å². The zero-order valence-electron chi connectivity index (χ0n) is 10.1. The van der Waals surface area contributed by atoms with Gasteiger partial charge in [0.2, 0.25) is 0 Å². The van der Waals surface area contributed by atoms with E-state index < -0.39 is 0 Å². The third-order valence-electron chi connectivity index (χ3n) is 2.98. The molecule has 0 bridgehead atoms. The molecule has 0 saturated heterocycles. The van der Waals surface area contributed by atoms with Crippen molar-refractivity contribution in [2.75, 3.05) is 5.32 Å². The molecule has 15 heavy (non-hydrogen) atoms. The summed E-state index contributed by atoms with van der Waals surface area (Å²) in [5, 5.41) is 13.3. The van der Waals surface area contributed by atoms with Gasteiger partial charge in [-0.25, -0.2) is 0 Å². The summed E-state index contributed by atoms with van der Waals surface area (Å²) in [7, 11) is 0. The van der Waals surface area contributed by atoms with E-state index in [1.165, 1.54) is 0 Å². The van der Waals surface area contributed by atoms with Gasteiger partial charge < -0.3 is 10.4 Å². The Bertz CT molecular complexity index is 330. The quantitative estimate of drug-likeness (QED) is 0.790. The maximum absolute atomic E-state index is 9.81. The van der Waals surface area contributed by atoms with Gasteiger partial charge in [-0.1, -0.05) is 19.9 Å². The number of phenolic OH excluding ortho intramolecular Hbond substituents is 1. The van der Waals surface area contributed by atoms with Crippen molar-refractivity contribution in [1.82, 2.24) is 0 Å². The third kappa shape index (κ3) is 2.65. The summed E-state index contributed by atoms with van der Waals surface area (Å²) >= 11 is 0. The van der Waals surface area contributed by atoms with Crippen LogP contribution < -0.4 is 5.32 Å². The Morgan fingerprint density at radius 1 is 1.20 bits per heavy atom. The molecule has 1 rings (SSSR count). The van der Waals surface area contributed by atoms with Crippen LogP contribution in [0.2, 0.25) is 0 Å². The summed E-state index contributed by atoms with van der Waals surface area (Å²) in [6.07, 6.45) is 2.20. The second-order valence-electron chi connectivity index (χ2n) is 4.06. The molecule has 1 aromatic rings. The molecule has 0 aliphatic rings. The minimum Gasteiger partial charge on any atom is -0.507 e. The molecule has 0 unspecified atom stereocenters. The van der Waals surface area contributed by atoms with E-state index in [-0.39, 0.29) is 0 Å². The number of aryl methyl sites for hydroxylation is 1. The Kier molecular flexibility index (Phi) is 4.01. The van der Waals surface area contributed by atoms with Crippen molar-refractivity contribution in [2.24, 2.45) is 0 Å². The molecule has 0 radical (unpaired) electrons. The fraction of sp³-hybridized carbons (Fsp3) is 0.538. The second-order valence-corrected chi connectivity index (χ2v) is 4.06. The molecule has 84 valence electrons. The lowest BCUT2D eigenvalue weighted by Gasteiger charge is -2.19. The van der Waals surface area contributed by atoms with Crippen molar-refractivity contribution >= 4 is 5.69 Å². The van der Waals surface area contributed by atoms with Crippen molar-refractivity contribution in [3.63, 3.8) is 0 Å². The number of nitrogens with one attached hydrogen (secondary N) is 1. The SMILES string of the molecule is CCC(CC)Nc1ccc(C)c(O)c1C. The van der Waals surface area contributed by atoms with Gasteiger partial charge in [0, 0.05) is 17.3 Å². The predicted octanol–water partition coefficient (Wildman–Crippen LogP) is 3.61. The first-order valence-corrected chi connectivity index (χ1v) is 5.65. The van der Waals surface area contributed by atoms with Gasteiger partial charge in [0.05, 0.1) is 0 Å². The Balaban J connectivity index is 2.91. The standard InChI is InChI=1S/C13H21NO/c1-5-11(6-2)14-12-8-7-9(3)13(15)10(12)4/h7-8,11,14-15H,5-6H2,1-4H3. The van der Waals surface area contributed by atoms with Gasteiger partial charge in [-0.15, -0.1) is 0 Å². The van der Waals surface area contributed by atoms with E-state index in [9.17, 15) is 5.11 Å². The van der Waals surface area contributed by atoms with Gasteiger partial charge >= 0.3 is 0 Å². The van der Waals surface area contributed by atoms with Crippen LogP contribution in [0.5, 0.6) is 5.75 Å². The van der Waals surface area contributed by atoms with Crippen LogP contribution in [-0.2, 0) is 0 Å². The fourth-order valence-corrected chi connectivity index (χ4v) is 1.70. The maximum atomic E-state index is 9.81. The highest BCUT2D eigenvalue weighted by Gasteiger charge is 2.09. The summed E-state index contributed by atoms with van der Waals surface area (Å²) in [4.78, 5) is 0. The van der Waals surface area contributed by atoms with Crippen LogP contribution in [0.15, 0.2) is 12.1 Å². The average Bonchev–Trinajstić information content (AvgIpc) is 2.25. The van der Waals surface area contributed by atoms with Gasteiger partial charge in [-0.3, -0.25) is 0 Å². The summed E-state index contributed by atoms with van der Waals surface area (Å²) in [5.41, 5.74) is 2.93. The van der Waals surface area contributed by atoms with E-state index in [0.717, 1.165) is 29.7 Å². The second kappa shape index (κ2) is 5.06. The molecule has 0 heterocycles. The molecule has 1 aromatic carbocycles. The number of rotatable bonds is 4. The lowest BCUT2D eigenvalue weighted by atomic mass is 10.1. The summed E-state index contributed by atoms with van der Waals surface area (Å²) in [6, 6.07) is 4.49. The zero-order chi connectivity index (χ0) is 11.4. The van der Waals surface area contributed by atoms with Crippen molar-refractivity contribution < 1.29 is 5.11 Å². The van der Waals surface area contributed by atoms with E-state index in [4.69, 9.17) is 0 Å². The molecule has 0 fully saturated rings. The Labute approximate surface area is 92.3 Å². The Hall–Kier alpha value is -1.18. The number of hydrogen-bond donors (Lipinski definition) is 2. The number of benzene rings is 1. The van der Waals surface area contributed by atoms with E-state index in [0.29, 0.717) is 11.8 Å². The minimum absolute atomic E-state index is 0.408. The number of hydrogen-bond acceptors (Lipinski definition) is 2. The molecule has 0 amide bonds. The average molecular weight is 207 g/mol. The van der Waals surface area contributed by atoms with Crippen LogP contribution in [0.3, 0.4) is 0 Å². The Morgan fingerprint density at radius 2 is 1.80 bits per heavy atom. The molecule has 2 nitrogen and oxygen atoms in total. The largest absolute Gasteiger partial charge is 0.507 e. The van der Waals surface area contributed by atoms with Crippen LogP contribution in [0, 0.1) is 13.8 Å². The molecule has 0 aromatic heterocycles. The summed E-state index contributed by atoms with van der Waals surface area (Å²) in [6.45, 7) is 8.21. The topological polar surface area (TPSA) is 32.3 Å². The van der Waals surface area contributed by atoms with Gasteiger partial charge in [-0.2, -0.15) is 0 Å². The van der Waals surface area contributed by atoms with Crippen molar-refractivity contribution in [1.29, 1.82) is 0 Å². The fourth-order valence-electron chi connectivity index (χ4n) is 1.70. The zero-order valence-corrected chi connectivity index (χ0v) is 10.1. The predicted molar refractivity (Wildman–Crippen MR) is 65.6 cm³/mol. The van der Waals surface area contributed by atoms with Crippen LogP contribution >= 0.6 is 0 Å². The monoisotopic (exact) mass is 207 g/mol. The smallest absolute Gasteiger partial charge is 0.123 e. The van der Waals surface area contributed by atoms with Crippen molar-refractivity contribution in [3.8, 4) is 5.75 Å². The Morgan fingerprint density at radius 3 is 2.33 bits per heavy atom. The molecular weight excluding hydrogens is 186 g/mol.